The topological polar surface area (TPSA) is 69.7 Å². The summed E-state index contributed by atoms with van der Waals surface area (Å²) in [5, 5.41) is 2.86. The van der Waals surface area contributed by atoms with E-state index < -0.39 is 10.0 Å². The van der Waals surface area contributed by atoms with Gasteiger partial charge >= 0.3 is 0 Å². The Labute approximate surface area is 168 Å². The molecule has 6 nitrogen and oxygen atoms in total. The zero-order valence-corrected chi connectivity index (χ0v) is 17.5. The molecule has 0 aromatic heterocycles. The molecule has 1 saturated heterocycles. The molecule has 0 aliphatic carbocycles. The first-order valence-corrected chi connectivity index (χ1v) is 10.9. The van der Waals surface area contributed by atoms with Crippen molar-refractivity contribution in [1.82, 2.24) is 9.21 Å². The molecule has 1 fully saturated rings. The number of anilines is 1. The largest absolute Gasteiger partial charge is 0.325 e. The SMILES string of the molecule is Cc1ccc(S(=O)(=O)N2CCN(CC(=O)Nc3ccc(Br)cc3)CC2)cc1. The first kappa shape index (κ1) is 20.0. The third kappa shape index (κ3) is 5.16. The van der Waals surface area contributed by atoms with Crippen LogP contribution in [-0.4, -0.2) is 56.3 Å². The molecule has 0 saturated carbocycles. The molecule has 2 aromatic rings. The van der Waals surface area contributed by atoms with Gasteiger partial charge in [-0.2, -0.15) is 4.31 Å². The molecule has 3 rings (SSSR count). The zero-order chi connectivity index (χ0) is 19.4. The molecule has 0 unspecified atom stereocenters. The highest BCUT2D eigenvalue weighted by molar-refractivity contribution is 9.10. The molecular formula is C19H22BrN3O3S. The molecule has 1 amide bonds. The molecule has 1 aliphatic rings. The highest BCUT2D eigenvalue weighted by atomic mass is 79.9. The van der Waals surface area contributed by atoms with E-state index in [1.54, 1.807) is 24.3 Å². The molecule has 1 N–H and O–H groups in total. The first-order valence-electron chi connectivity index (χ1n) is 8.69. The van der Waals surface area contributed by atoms with Gasteiger partial charge in [0.05, 0.1) is 11.4 Å². The monoisotopic (exact) mass is 451 g/mol. The number of sulfonamides is 1. The van der Waals surface area contributed by atoms with Crippen molar-refractivity contribution in [1.29, 1.82) is 0 Å². The summed E-state index contributed by atoms with van der Waals surface area (Å²) in [6.45, 7) is 3.98. The van der Waals surface area contributed by atoms with Crippen LogP contribution in [0.2, 0.25) is 0 Å². The second kappa shape index (κ2) is 8.52. The Kier molecular flexibility index (Phi) is 6.31. The molecule has 2 aromatic carbocycles. The van der Waals surface area contributed by atoms with Gasteiger partial charge in [-0.25, -0.2) is 8.42 Å². The van der Waals surface area contributed by atoms with Gasteiger partial charge in [-0.3, -0.25) is 9.69 Å². The first-order chi connectivity index (χ1) is 12.8. The summed E-state index contributed by atoms with van der Waals surface area (Å²) in [5.74, 6) is -0.104. The van der Waals surface area contributed by atoms with Gasteiger partial charge in [0.25, 0.3) is 0 Å². The predicted octanol–water partition coefficient (Wildman–Crippen LogP) is 2.70. The average molecular weight is 452 g/mol. The van der Waals surface area contributed by atoms with Gasteiger partial charge in [0, 0.05) is 36.3 Å². The fraction of sp³-hybridized carbons (Fsp3) is 0.316. The quantitative estimate of drug-likeness (QED) is 0.758. The van der Waals surface area contributed by atoms with Gasteiger partial charge in [0.15, 0.2) is 0 Å². The summed E-state index contributed by atoms with van der Waals surface area (Å²) in [5.41, 5.74) is 1.76. The molecular weight excluding hydrogens is 430 g/mol. The highest BCUT2D eigenvalue weighted by Gasteiger charge is 2.28. The van der Waals surface area contributed by atoms with Crippen LogP contribution in [0.25, 0.3) is 0 Å². The lowest BCUT2D eigenvalue weighted by Crippen LogP contribution is -2.50. The van der Waals surface area contributed by atoms with Gasteiger partial charge in [-0.15, -0.1) is 0 Å². The van der Waals surface area contributed by atoms with E-state index in [1.807, 2.05) is 36.1 Å². The van der Waals surface area contributed by atoms with Crippen LogP contribution in [0.3, 0.4) is 0 Å². The van der Waals surface area contributed by atoms with Crippen molar-refractivity contribution in [3.8, 4) is 0 Å². The predicted molar refractivity (Wildman–Crippen MR) is 109 cm³/mol. The van der Waals surface area contributed by atoms with Gasteiger partial charge in [-0.1, -0.05) is 33.6 Å². The number of amides is 1. The molecule has 0 spiro atoms. The molecule has 0 atom stereocenters. The van der Waals surface area contributed by atoms with Crippen molar-refractivity contribution >= 4 is 37.5 Å². The lowest BCUT2D eigenvalue weighted by Gasteiger charge is -2.33. The second-order valence-corrected chi connectivity index (χ2v) is 9.40. The second-order valence-electron chi connectivity index (χ2n) is 6.55. The van der Waals surface area contributed by atoms with E-state index in [9.17, 15) is 13.2 Å². The van der Waals surface area contributed by atoms with Crippen LogP contribution in [0.5, 0.6) is 0 Å². The molecule has 1 aliphatic heterocycles. The van der Waals surface area contributed by atoms with Crippen molar-refractivity contribution < 1.29 is 13.2 Å². The van der Waals surface area contributed by atoms with Crippen LogP contribution >= 0.6 is 15.9 Å². The smallest absolute Gasteiger partial charge is 0.243 e. The lowest BCUT2D eigenvalue weighted by molar-refractivity contribution is -0.117. The summed E-state index contributed by atoms with van der Waals surface area (Å²) in [4.78, 5) is 14.5. The Bertz CT molecular complexity index is 891. The molecule has 27 heavy (non-hydrogen) atoms. The summed E-state index contributed by atoms with van der Waals surface area (Å²) in [6, 6.07) is 14.3. The van der Waals surface area contributed by atoms with E-state index in [0.717, 1.165) is 15.7 Å². The fourth-order valence-corrected chi connectivity index (χ4v) is 4.61. The maximum absolute atomic E-state index is 12.7. The molecule has 0 bridgehead atoms. The fourth-order valence-electron chi connectivity index (χ4n) is 2.92. The number of benzene rings is 2. The average Bonchev–Trinajstić information content (AvgIpc) is 2.64. The van der Waals surface area contributed by atoms with E-state index in [-0.39, 0.29) is 12.5 Å². The summed E-state index contributed by atoms with van der Waals surface area (Å²) in [6.07, 6.45) is 0. The van der Waals surface area contributed by atoms with Gasteiger partial charge in [-0.05, 0) is 43.3 Å². The van der Waals surface area contributed by atoms with Crippen molar-refractivity contribution in [3.63, 3.8) is 0 Å². The van der Waals surface area contributed by atoms with Crippen LogP contribution < -0.4 is 5.32 Å². The standard InChI is InChI=1S/C19H22BrN3O3S/c1-15-2-8-18(9-3-15)27(25,26)23-12-10-22(11-13-23)14-19(24)21-17-6-4-16(20)5-7-17/h2-9H,10-14H2,1H3,(H,21,24). The van der Waals surface area contributed by atoms with E-state index in [2.05, 4.69) is 21.2 Å². The third-order valence-corrected chi connectivity index (χ3v) is 6.93. The number of carbonyl (C=O) groups is 1. The van der Waals surface area contributed by atoms with Crippen LogP contribution in [0.4, 0.5) is 5.69 Å². The van der Waals surface area contributed by atoms with Crippen LogP contribution in [0, 0.1) is 6.92 Å². The van der Waals surface area contributed by atoms with E-state index in [0.29, 0.717) is 31.1 Å². The number of rotatable bonds is 5. The van der Waals surface area contributed by atoms with Crippen LogP contribution in [-0.2, 0) is 14.8 Å². The Hall–Kier alpha value is -1.74. The highest BCUT2D eigenvalue weighted by Crippen LogP contribution is 2.18. The van der Waals surface area contributed by atoms with Gasteiger partial charge < -0.3 is 5.32 Å². The lowest BCUT2D eigenvalue weighted by atomic mass is 10.2. The number of piperazine rings is 1. The molecule has 144 valence electrons. The maximum Gasteiger partial charge on any atom is 0.243 e. The van der Waals surface area contributed by atoms with E-state index in [4.69, 9.17) is 0 Å². The number of nitrogens with one attached hydrogen (secondary N) is 1. The Morgan fingerprint density at radius 3 is 2.19 bits per heavy atom. The minimum absolute atomic E-state index is 0.104. The third-order valence-electron chi connectivity index (χ3n) is 4.49. The summed E-state index contributed by atoms with van der Waals surface area (Å²) < 4.78 is 27.9. The van der Waals surface area contributed by atoms with Gasteiger partial charge in [0.2, 0.25) is 15.9 Å². The summed E-state index contributed by atoms with van der Waals surface area (Å²) >= 11 is 3.36. The molecule has 1 heterocycles. The van der Waals surface area contributed by atoms with Crippen molar-refractivity contribution in [2.75, 3.05) is 38.0 Å². The maximum atomic E-state index is 12.7. The zero-order valence-electron chi connectivity index (χ0n) is 15.1. The molecule has 0 radical (unpaired) electrons. The minimum Gasteiger partial charge on any atom is -0.325 e. The normalized spacial score (nSPS) is 16.2. The van der Waals surface area contributed by atoms with Crippen molar-refractivity contribution in [2.24, 2.45) is 0 Å². The Morgan fingerprint density at radius 2 is 1.59 bits per heavy atom. The van der Waals surface area contributed by atoms with Crippen molar-refractivity contribution in [3.05, 3.63) is 58.6 Å². The van der Waals surface area contributed by atoms with Gasteiger partial charge in [0.1, 0.15) is 0 Å². The Balaban J connectivity index is 1.53. The number of aryl methyl sites for hydroxylation is 1. The number of hydrogen-bond acceptors (Lipinski definition) is 4. The van der Waals surface area contributed by atoms with Crippen molar-refractivity contribution in [2.45, 2.75) is 11.8 Å². The molecule has 8 heteroatoms. The van der Waals surface area contributed by atoms with Crippen LogP contribution in [0.15, 0.2) is 57.9 Å². The number of carbonyl (C=O) groups excluding carboxylic acids is 1. The van der Waals surface area contributed by atoms with E-state index in [1.165, 1.54) is 4.31 Å². The number of halogens is 1. The number of hydrogen-bond donors (Lipinski definition) is 1. The Morgan fingerprint density at radius 1 is 1.00 bits per heavy atom. The van der Waals surface area contributed by atoms with Crippen LogP contribution in [0.1, 0.15) is 5.56 Å². The minimum atomic E-state index is -3.48. The number of nitrogens with zero attached hydrogens (tertiary/aromatic N) is 2. The van der Waals surface area contributed by atoms with E-state index >= 15 is 0 Å². The summed E-state index contributed by atoms with van der Waals surface area (Å²) in [7, 11) is -3.48.